The molecule has 0 unspecified atom stereocenters. The molecule has 2 N–H and O–H groups in total. The maximum absolute atomic E-state index is 12.4. The van der Waals surface area contributed by atoms with E-state index in [1.165, 1.54) is 4.90 Å². The van der Waals surface area contributed by atoms with Crippen LogP contribution in [0.25, 0.3) is 0 Å². The Bertz CT molecular complexity index is 400. The molecule has 0 rings (SSSR count). The molecular weight excluding hydrogens is 282 g/mol. The molecule has 6 heteroatoms. The van der Waals surface area contributed by atoms with E-state index in [9.17, 15) is 14.4 Å². The van der Waals surface area contributed by atoms with Gasteiger partial charge in [-0.15, -0.1) is 0 Å². The first-order valence-corrected chi connectivity index (χ1v) is 7.74. The Hall–Kier alpha value is -1.43. The number of ketones is 1. The number of amides is 2. The van der Waals surface area contributed by atoms with Crippen LogP contribution in [0.2, 0.25) is 0 Å². The average molecular weight is 313 g/mol. The molecule has 0 saturated heterocycles. The number of nitrogens with one attached hydrogen (secondary N) is 2. The number of rotatable bonds is 8. The minimum Gasteiger partial charge on any atom is -0.353 e. The topological polar surface area (TPSA) is 78.5 Å². The molecule has 22 heavy (non-hydrogen) atoms. The van der Waals surface area contributed by atoms with Crippen molar-refractivity contribution < 1.29 is 14.4 Å². The molecule has 0 aromatic heterocycles. The van der Waals surface area contributed by atoms with Crippen LogP contribution in [0, 0.1) is 11.3 Å². The van der Waals surface area contributed by atoms with Gasteiger partial charge in [0.1, 0.15) is 11.8 Å². The first kappa shape index (κ1) is 20.6. The van der Waals surface area contributed by atoms with E-state index in [0.717, 1.165) is 0 Å². The number of nitrogens with zero attached hydrogens (tertiary/aromatic N) is 1. The van der Waals surface area contributed by atoms with Crippen molar-refractivity contribution >= 4 is 17.6 Å². The molecule has 1 atom stereocenters. The standard InChI is InChI=1S/C16H31N3O3/c1-11(2)13(20)10-12(14(21)18-9-8-17-6)19(7)15(22)16(3,4)5/h11-12,17H,8-10H2,1-7H3,(H,18,21)/t12-/m0/s1. The highest BCUT2D eigenvalue weighted by Crippen LogP contribution is 2.20. The number of hydrogen-bond donors (Lipinski definition) is 2. The SMILES string of the molecule is CNCCNC(=O)[C@H](CC(=O)C(C)C)N(C)C(=O)C(C)(C)C. The molecule has 0 aliphatic rings. The molecule has 2 amide bonds. The Morgan fingerprint density at radius 3 is 2.05 bits per heavy atom. The molecule has 0 heterocycles. The van der Waals surface area contributed by atoms with E-state index < -0.39 is 11.5 Å². The highest BCUT2D eigenvalue weighted by Gasteiger charge is 2.34. The van der Waals surface area contributed by atoms with Gasteiger partial charge in [-0.1, -0.05) is 34.6 Å². The molecular formula is C16H31N3O3. The smallest absolute Gasteiger partial charge is 0.243 e. The molecule has 0 saturated carbocycles. The summed E-state index contributed by atoms with van der Waals surface area (Å²) in [6.07, 6.45) is 0.0430. The third kappa shape index (κ3) is 6.56. The van der Waals surface area contributed by atoms with Crippen molar-refractivity contribution in [3.8, 4) is 0 Å². The van der Waals surface area contributed by atoms with E-state index >= 15 is 0 Å². The fraction of sp³-hybridized carbons (Fsp3) is 0.812. The average Bonchev–Trinajstić information content (AvgIpc) is 2.41. The van der Waals surface area contributed by atoms with Gasteiger partial charge in [0.2, 0.25) is 11.8 Å². The largest absolute Gasteiger partial charge is 0.353 e. The summed E-state index contributed by atoms with van der Waals surface area (Å²) in [6.45, 7) is 10.1. The van der Waals surface area contributed by atoms with Gasteiger partial charge in [0, 0.05) is 37.9 Å². The molecule has 0 aliphatic heterocycles. The molecule has 128 valence electrons. The van der Waals surface area contributed by atoms with Gasteiger partial charge in [0.15, 0.2) is 0 Å². The lowest BCUT2D eigenvalue weighted by Gasteiger charge is -2.32. The van der Waals surface area contributed by atoms with Gasteiger partial charge < -0.3 is 15.5 Å². The van der Waals surface area contributed by atoms with Crippen LogP contribution in [0.4, 0.5) is 0 Å². The highest BCUT2D eigenvalue weighted by molar-refractivity contribution is 5.94. The van der Waals surface area contributed by atoms with Crippen molar-refractivity contribution in [2.24, 2.45) is 11.3 Å². The fourth-order valence-corrected chi connectivity index (χ4v) is 1.93. The van der Waals surface area contributed by atoms with Crippen molar-refractivity contribution in [2.45, 2.75) is 47.1 Å². The third-order valence-corrected chi connectivity index (χ3v) is 3.44. The Balaban J connectivity index is 5.11. The molecule has 0 bridgehead atoms. The summed E-state index contributed by atoms with van der Waals surface area (Å²) >= 11 is 0. The number of carbonyl (C=O) groups excluding carboxylic acids is 3. The summed E-state index contributed by atoms with van der Waals surface area (Å²) in [5.41, 5.74) is -0.598. The van der Waals surface area contributed by atoms with E-state index in [4.69, 9.17) is 0 Å². The first-order valence-electron chi connectivity index (χ1n) is 7.74. The summed E-state index contributed by atoms with van der Waals surface area (Å²) in [5.74, 6) is -0.629. The van der Waals surface area contributed by atoms with Crippen LogP contribution >= 0.6 is 0 Å². The lowest BCUT2D eigenvalue weighted by molar-refractivity contribution is -0.146. The van der Waals surface area contributed by atoms with Crippen LogP contribution in [0.15, 0.2) is 0 Å². The van der Waals surface area contributed by atoms with E-state index in [1.54, 1.807) is 48.7 Å². The second-order valence-corrected chi connectivity index (χ2v) is 6.90. The molecule has 6 nitrogen and oxygen atoms in total. The monoisotopic (exact) mass is 313 g/mol. The van der Waals surface area contributed by atoms with E-state index in [2.05, 4.69) is 10.6 Å². The summed E-state index contributed by atoms with van der Waals surface area (Å²) in [7, 11) is 3.38. The number of hydrogen-bond acceptors (Lipinski definition) is 4. The zero-order chi connectivity index (χ0) is 17.5. The summed E-state index contributed by atoms with van der Waals surface area (Å²) in [4.78, 5) is 38.2. The Labute approximate surface area is 134 Å². The van der Waals surface area contributed by atoms with Gasteiger partial charge in [0.25, 0.3) is 0 Å². The summed E-state index contributed by atoms with van der Waals surface area (Å²) in [5, 5.41) is 5.70. The van der Waals surface area contributed by atoms with Crippen LogP contribution in [0.3, 0.4) is 0 Å². The van der Waals surface area contributed by atoms with E-state index in [0.29, 0.717) is 13.1 Å². The third-order valence-electron chi connectivity index (χ3n) is 3.44. The van der Waals surface area contributed by atoms with Crippen molar-refractivity contribution in [3.05, 3.63) is 0 Å². The van der Waals surface area contributed by atoms with Crippen molar-refractivity contribution in [1.82, 2.24) is 15.5 Å². The lowest BCUT2D eigenvalue weighted by Crippen LogP contribution is -2.52. The second kappa shape index (κ2) is 8.88. The molecule has 0 fully saturated rings. The minimum absolute atomic E-state index is 0.0256. The maximum Gasteiger partial charge on any atom is 0.243 e. The van der Waals surface area contributed by atoms with Crippen molar-refractivity contribution in [3.63, 3.8) is 0 Å². The highest BCUT2D eigenvalue weighted by atomic mass is 16.2. The zero-order valence-electron chi connectivity index (χ0n) is 14.9. The quantitative estimate of drug-likeness (QED) is 0.650. The van der Waals surface area contributed by atoms with Crippen LogP contribution in [-0.2, 0) is 14.4 Å². The molecule has 0 aliphatic carbocycles. The summed E-state index contributed by atoms with van der Waals surface area (Å²) < 4.78 is 0. The van der Waals surface area contributed by atoms with Crippen LogP contribution < -0.4 is 10.6 Å². The van der Waals surface area contributed by atoms with Crippen molar-refractivity contribution in [2.75, 3.05) is 27.2 Å². The van der Waals surface area contributed by atoms with Crippen LogP contribution in [-0.4, -0.2) is 55.7 Å². The van der Waals surface area contributed by atoms with Gasteiger partial charge in [-0.2, -0.15) is 0 Å². The number of likely N-dealkylation sites (N-methyl/N-ethyl adjacent to an activating group) is 2. The van der Waals surface area contributed by atoms with Gasteiger partial charge in [-0.05, 0) is 7.05 Å². The number of Topliss-reactive ketones (excluding diaryl/α,β-unsaturated/α-hetero) is 1. The normalized spacial score (nSPS) is 12.9. The van der Waals surface area contributed by atoms with Crippen LogP contribution in [0.1, 0.15) is 41.0 Å². The fourth-order valence-electron chi connectivity index (χ4n) is 1.93. The molecule has 0 aromatic rings. The Morgan fingerprint density at radius 2 is 1.64 bits per heavy atom. The lowest BCUT2D eigenvalue weighted by atomic mass is 9.92. The predicted octanol–water partition coefficient (Wildman–Crippen LogP) is 0.810. The maximum atomic E-state index is 12.4. The number of carbonyl (C=O) groups is 3. The van der Waals surface area contributed by atoms with E-state index in [1.807, 2.05) is 0 Å². The first-order chi connectivity index (χ1) is 10.0. The molecule has 0 spiro atoms. The minimum atomic E-state index is -0.765. The second-order valence-electron chi connectivity index (χ2n) is 6.90. The van der Waals surface area contributed by atoms with Crippen molar-refractivity contribution in [1.29, 1.82) is 0 Å². The van der Waals surface area contributed by atoms with Gasteiger partial charge in [0.05, 0.1) is 0 Å². The Morgan fingerprint density at radius 1 is 1.09 bits per heavy atom. The van der Waals surface area contributed by atoms with Gasteiger partial charge >= 0.3 is 0 Å². The Kier molecular flexibility index (Phi) is 8.30. The molecule has 0 radical (unpaired) electrons. The van der Waals surface area contributed by atoms with Gasteiger partial charge in [-0.25, -0.2) is 0 Å². The molecule has 0 aromatic carbocycles. The van der Waals surface area contributed by atoms with Crippen LogP contribution in [0.5, 0.6) is 0 Å². The predicted molar refractivity (Wildman–Crippen MR) is 87.4 cm³/mol. The van der Waals surface area contributed by atoms with E-state index in [-0.39, 0.29) is 29.9 Å². The van der Waals surface area contributed by atoms with Gasteiger partial charge in [-0.3, -0.25) is 14.4 Å². The summed E-state index contributed by atoms with van der Waals surface area (Å²) in [6, 6.07) is -0.765. The zero-order valence-corrected chi connectivity index (χ0v) is 14.9.